The second-order valence-corrected chi connectivity index (χ2v) is 9.43. The second-order valence-electron chi connectivity index (χ2n) is 8.56. The van der Waals surface area contributed by atoms with Gasteiger partial charge in [0.25, 0.3) is 0 Å². The smallest absolute Gasteiger partial charge is 0.306 e. The average molecular weight is 485 g/mol. The molecule has 0 spiro atoms. The molecule has 0 heterocycles. The predicted molar refractivity (Wildman–Crippen MR) is 135 cm³/mol. The summed E-state index contributed by atoms with van der Waals surface area (Å²) in [5, 5.41) is 11.3. The number of unbranched alkanes of at least 4 members (excludes halogenated alkanes) is 1. The summed E-state index contributed by atoms with van der Waals surface area (Å²) in [7, 11) is 0. The zero-order valence-electron chi connectivity index (χ0n) is 19.1. The Balaban J connectivity index is 1.54. The number of rotatable bonds is 10. The monoisotopic (exact) mass is 484 g/mol. The number of halogens is 2. The molecule has 3 nitrogen and oxygen atoms in total. The molecule has 0 saturated heterocycles. The predicted octanol–water partition coefficient (Wildman–Crippen LogP) is 7.43. The molecule has 33 heavy (non-hydrogen) atoms. The molecule has 0 aliphatic rings. The van der Waals surface area contributed by atoms with Crippen LogP contribution in [0.2, 0.25) is 10.0 Å². The molecule has 3 aromatic rings. The molecule has 0 bridgehead atoms. The number of aryl methyl sites for hydroxylation is 3. The lowest BCUT2D eigenvalue weighted by Gasteiger charge is -2.19. The minimum absolute atomic E-state index is 0.180. The molecule has 0 saturated carbocycles. The molecule has 0 amide bonds. The van der Waals surface area contributed by atoms with Crippen molar-refractivity contribution in [1.82, 2.24) is 0 Å². The lowest BCUT2D eigenvalue weighted by molar-refractivity contribution is -0.149. The number of ether oxygens (including phenoxy) is 1. The van der Waals surface area contributed by atoms with Crippen molar-refractivity contribution in [2.75, 3.05) is 0 Å². The number of phenolic OH excluding ortho intramolecular Hbond substituents is 1. The van der Waals surface area contributed by atoms with Gasteiger partial charge >= 0.3 is 5.97 Å². The maximum absolute atomic E-state index is 12.6. The van der Waals surface area contributed by atoms with Gasteiger partial charge in [-0.05, 0) is 85.2 Å². The largest absolute Gasteiger partial charge is 0.507 e. The van der Waals surface area contributed by atoms with Crippen LogP contribution in [0.1, 0.15) is 47.1 Å². The number of esters is 1. The van der Waals surface area contributed by atoms with E-state index < -0.39 is 0 Å². The van der Waals surface area contributed by atoms with Crippen molar-refractivity contribution in [1.29, 1.82) is 0 Å². The highest BCUT2D eigenvalue weighted by Gasteiger charge is 2.16. The highest BCUT2D eigenvalue weighted by atomic mass is 35.5. The van der Waals surface area contributed by atoms with E-state index in [4.69, 9.17) is 27.9 Å². The first kappa shape index (κ1) is 25.1. The number of aromatic hydroxyl groups is 1. The second kappa shape index (κ2) is 12.1. The van der Waals surface area contributed by atoms with Crippen LogP contribution < -0.4 is 0 Å². The molecule has 0 atom stereocenters. The molecule has 3 rings (SSSR count). The van der Waals surface area contributed by atoms with Crippen molar-refractivity contribution in [3.63, 3.8) is 0 Å². The zero-order valence-corrected chi connectivity index (χ0v) is 20.6. The van der Waals surface area contributed by atoms with Crippen molar-refractivity contribution in [2.45, 2.75) is 58.5 Å². The number of benzene rings is 3. The van der Waals surface area contributed by atoms with E-state index in [0.717, 1.165) is 41.5 Å². The third-order valence-corrected chi connectivity index (χ3v) is 6.20. The lowest BCUT2D eigenvalue weighted by Crippen LogP contribution is -2.23. The van der Waals surface area contributed by atoms with E-state index in [9.17, 15) is 9.90 Å². The molecule has 0 aliphatic carbocycles. The van der Waals surface area contributed by atoms with Crippen LogP contribution in [0, 0.1) is 13.8 Å². The maximum atomic E-state index is 12.6. The Morgan fingerprint density at radius 1 is 0.818 bits per heavy atom. The number of carbonyl (C=O) groups excluding carboxylic acids is 1. The van der Waals surface area contributed by atoms with Gasteiger partial charge in [-0.15, -0.1) is 0 Å². The Hall–Kier alpha value is -2.49. The standard InChI is InChI=1S/C28H30Cl2O3/c1-19-15-23(16-20(2)28(19)32)5-3-4-6-27(31)33-26(17-21-7-11-24(29)12-8-21)18-22-9-13-25(30)14-10-22/h7-16,26,32H,3-6,17-18H2,1-2H3. The fourth-order valence-electron chi connectivity index (χ4n) is 3.96. The zero-order chi connectivity index (χ0) is 23.8. The Labute approximate surface area is 206 Å². The third-order valence-electron chi connectivity index (χ3n) is 5.70. The summed E-state index contributed by atoms with van der Waals surface area (Å²) >= 11 is 12.0. The first-order valence-corrected chi connectivity index (χ1v) is 12.0. The summed E-state index contributed by atoms with van der Waals surface area (Å²) in [6.45, 7) is 3.81. The van der Waals surface area contributed by atoms with Crippen LogP contribution >= 0.6 is 23.2 Å². The van der Waals surface area contributed by atoms with Crippen molar-refractivity contribution in [2.24, 2.45) is 0 Å². The Morgan fingerprint density at radius 2 is 1.30 bits per heavy atom. The van der Waals surface area contributed by atoms with Crippen LogP contribution in [0.4, 0.5) is 0 Å². The van der Waals surface area contributed by atoms with Gasteiger partial charge in [-0.1, -0.05) is 59.6 Å². The van der Waals surface area contributed by atoms with E-state index in [1.807, 2.05) is 74.5 Å². The van der Waals surface area contributed by atoms with Gasteiger partial charge in [0, 0.05) is 29.3 Å². The number of hydrogen-bond donors (Lipinski definition) is 1. The molecule has 5 heteroatoms. The summed E-state index contributed by atoms with van der Waals surface area (Å²) in [6, 6.07) is 19.3. The Morgan fingerprint density at radius 3 is 1.79 bits per heavy atom. The fraction of sp³-hybridized carbons (Fsp3) is 0.321. The molecule has 0 radical (unpaired) electrons. The van der Waals surface area contributed by atoms with Gasteiger partial charge in [0.15, 0.2) is 0 Å². The fourth-order valence-corrected chi connectivity index (χ4v) is 4.21. The van der Waals surface area contributed by atoms with Crippen LogP contribution in [0.5, 0.6) is 5.75 Å². The van der Waals surface area contributed by atoms with Crippen LogP contribution in [-0.4, -0.2) is 17.2 Å². The van der Waals surface area contributed by atoms with E-state index in [-0.39, 0.29) is 12.1 Å². The quantitative estimate of drug-likeness (QED) is 0.240. The maximum Gasteiger partial charge on any atom is 0.306 e. The van der Waals surface area contributed by atoms with E-state index in [1.165, 1.54) is 5.56 Å². The van der Waals surface area contributed by atoms with E-state index >= 15 is 0 Å². The van der Waals surface area contributed by atoms with Crippen molar-refractivity contribution in [3.8, 4) is 5.75 Å². The summed E-state index contributed by atoms with van der Waals surface area (Å²) in [4.78, 5) is 12.6. The topological polar surface area (TPSA) is 46.5 Å². The van der Waals surface area contributed by atoms with Crippen LogP contribution in [0.3, 0.4) is 0 Å². The molecule has 1 N–H and O–H groups in total. The van der Waals surface area contributed by atoms with Gasteiger partial charge < -0.3 is 9.84 Å². The SMILES string of the molecule is Cc1cc(CCCCC(=O)OC(Cc2ccc(Cl)cc2)Cc2ccc(Cl)cc2)cc(C)c1O. The first-order valence-electron chi connectivity index (χ1n) is 11.3. The first-order chi connectivity index (χ1) is 15.8. The molecule has 3 aromatic carbocycles. The van der Waals surface area contributed by atoms with Gasteiger partial charge in [-0.25, -0.2) is 0 Å². The van der Waals surface area contributed by atoms with Crippen molar-refractivity contribution in [3.05, 3.63) is 98.5 Å². The molecular weight excluding hydrogens is 455 g/mol. The molecule has 174 valence electrons. The number of hydrogen-bond acceptors (Lipinski definition) is 3. The third kappa shape index (κ3) is 8.10. The molecule has 0 aliphatic heterocycles. The lowest BCUT2D eigenvalue weighted by atomic mass is 10.0. The van der Waals surface area contributed by atoms with Gasteiger partial charge in [0.05, 0.1) is 0 Å². The number of phenols is 1. The van der Waals surface area contributed by atoms with Gasteiger partial charge in [0.2, 0.25) is 0 Å². The van der Waals surface area contributed by atoms with Gasteiger partial charge in [-0.2, -0.15) is 0 Å². The molecule has 0 aromatic heterocycles. The van der Waals surface area contributed by atoms with Crippen molar-refractivity contribution >= 4 is 29.2 Å². The van der Waals surface area contributed by atoms with Crippen LogP contribution in [-0.2, 0) is 28.8 Å². The van der Waals surface area contributed by atoms with Gasteiger partial charge in [0.1, 0.15) is 11.9 Å². The summed E-state index contributed by atoms with van der Waals surface area (Å²) < 4.78 is 5.89. The Bertz CT molecular complexity index is 989. The minimum Gasteiger partial charge on any atom is -0.507 e. The van der Waals surface area contributed by atoms with Crippen LogP contribution in [0.15, 0.2) is 60.7 Å². The summed E-state index contributed by atoms with van der Waals surface area (Å²) in [6.07, 6.45) is 3.88. The van der Waals surface area contributed by atoms with E-state index in [1.54, 1.807) is 0 Å². The molecule has 0 fully saturated rings. The summed E-state index contributed by atoms with van der Waals surface area (Å²) in [5.74, 6) is 0.177. The molecular formula is C28H30Cl2O3. The summed E-state index contributed by atoms with van der Waals surface area (Å²) in [5.41, 5.74) is 5.10. The van der Waals surface area contributed by atoms with Gasteiger partial charge in [-0.3, -0.25) is 4.79 Å². The van der Waals surface area contributed by atoms with E-state index in [0.29, 0.717) is 35.1 Å². The minimum atomic E-state index is -0.262. The van der Waals surface area contributed by atoms with Crippen molar-refractivity contribution < 1.29 is 14.6 Å². The van der Waals surface area contributed by atoms with E-state index in [2.05, 4.69) is 0 Å². The average Bonchev–Trinajstić information content (AvgIpc) is 2.78. The highest BCUT2D eigenvalue weighted by Crippen LogP contribution is 2.24. The molecule has 0 unspecified atom stereocenters. The Kier molecular flexibility index (Phi) is 9.22. The highest BCUT2D eigenvalue weighted by molar-refractivity contribution is 6.30. The normalized spacial score (nSPS) is 11.1. The number of carbonyl (C=O) groups is 1. The van der Waals surface area contributed by atoms with Crippen LogP contribution in [0.25, 0.3) is 0 Å².